The second kappa shape index (κ2) is 5.61. The van der Waals surface area contributed by atoms with Crippen LogP contribution < -0.4 is 0 Å². The molecule has 4 nitrogen and oxygen atoms in total. The molecule has 0 fully saturated rings. The third kappa shape index (κ3) is 2.78. The summed E-state index contributed by atoms with van der Waals surface area (Å²) in [6.45, 7) is 1.84. The van der Waals surface area contributed by atoms with Crippen molar-refractivity contribution in [1.82, 2.24) is 10.1 Å². The number of hydrogen-bond acceptors (Lipinski definition) is 5. The molecule has 0 unspecified atom stereocenters. The van der Waals surface area contributed by atoms with E-state index in [0.29, 0.717) is 17.3 Å². The summed E-state index contributed by atoms with van der Waals surface area (Å²) in [5.41, 5.74) is 2.42. The van der Waals surface area contributed by atoms with Gasteiger partial charge in [-0.25, -0.2) is 0 Å². The molecule has 2 aromatic carbocycles. The van der Waals surface area contributed by atoms with E-state index < -0.39 is 0 Å². The van der Waals surface area contributed by atoms with Gasteiger partial charge in [-0.1, -0.05) is 11.2 Å². The van der Waals surface area contributed by atoms with Gasteiger partial charge in [0.2, 0.25) is 5.82 Å². The quantitative estimate of drug-likeness (QED) is 0.736. The van der Waals surface area contributed by atoms with Crippen LogP contribution in [0.2, 0.25) is 0 Å². The predicted octanol–water partition coefficient (Wildman–Crippen LogP) is 4.14. The van der Waals surface area contributed by atoms with Gasteiger partial charge in [0.15, 0.2) is 0 Å². The van der Waals surface area contributed by atoms with Crippen LogP contribution in [0.4, 0.5) is 0 Å². The molecule has 0 aliphatic rings. The second-order valence-corrected chi connectivity index (χ2v) is 5.53. The number of rotatable bonds is 3. The van der Waals surface area contributed by atoms with Crippen LogP contribution in [0.5, 0.6) is 5.75 Å². The van der Waals surface area contributed by atoms with E-state index in [9.17, 15) is 5.11 Å². The molecule has 3 rings (SSSR count). The average Bonchev–Trinajstić information content (AvgIpc) is 3.00. The smallest absolute Gasteiger partial charge is 0.258 e. The molecule has 0 radical (unpaired) electrons. The van der Waals surface area contributed by atoms with E-state index in [2.05, 4.69) is 10.1 Å². The lowest BCUT2D eigenvalue weighted by atomic mass is 10.1. The van der Waals surface area contributed by atoms with Gasteiger partial charge in [0.05, 0.1) is 0 Å². The number of aromatic nitrogens is 2. The van der Waals surface area contributed by atoms with Crippen molar-refractivity contribution in [1.29, 1.82) is 0 Å². The van der Waals surface area contributed by atoms with Gasteiger partial charge in [0.1, 0.15) is 5.75 Å². The summed E-state index contributed by atoms with van der Waals surface area (Å²) in [6, 6.07) is 13.3. The number of phenols is 1. The lowest BCUT2D eigenvalue weighted by Crippen LogP contribution is -1.82. The van der Waals surface area contributed by atoms with Crippen molar-refractivity contribution in [3.8, 4) is 28.6 Å². The second-order valence-electron chi connectivity index (χ2n) is 4.65. The number of aryl methyl sites for hydroxylation is 1. The molecule has 0 saturated heterocycles. The Kier molecular flexibility index (Phi) is 3.66. The Morgan fingerprint density at radius 1 is 1.05 bits per heavy atom. The van der Waals surface area contributed by atoms with E-state index >= 15 is 0 Å². The fourth-order valence-corrected chi connectivity index (χ4v) is 2.35. The maximum absolute atomic E-state index is 9.75. The Hall–Kier alpha value is -2.27. The third-order valence-electron chi connectivity index (χ3n) is 3.23. The molecule has 5 heteroatoms. The van der Waals surface area contributed by atoms with Gasteiger partial charge in [-0.05, 0) is 55.1 Å². The molecule has 0 bridgehead atoms. The summed E-state index contributed by atoms with van der Waals surface area (Å²) < 4.78 is 5.28. The SMILES string of the molecule is CSc1ccc(-c2noc(-c3ccc(C)c(O)c3)n2)cc1. The summed E-state index contributed by atoms with van der Waals surface area (Å²) in [6.07, 6.45) is 2.03. The maximum Gasteiger partial charge on any atom is 0.258 e. The van der Waals surface area contributed by atoms with E-state index in [4.69, 9.17) is 4.52 Å². The molecule has 1 heterocycles. The number of thioether (sulfide) groups is 1. The minimum Gasteiger partial charge on any atom is -0.508 e. The maximum atomic E-state index is 9.75. The highest BCUT2D eigenvalue weighted by Crippen LogP contribution is 2.27. The van der Waals surface area contributed by atoms with Crippen molar-refractivity contribution in [3.63, 3.8) is 0 Å². The zero-order chi connectivity index (χ0) is 14.8. The summed E-state index contributed by atoms with van der Waals surface area (Å²) in [7, 11) is 0. The number of hydrogen-bond donors (Lipinski definition) is 1. The standard InChI is InChI=1S/C16H14N2O2S/c1-10-3-4-12(9-14(10)19)16-17-15(18-20-16)11-5-7-13(21-2)8-6-11/h3-9,19H,1-2H3. The highest BCUT2D eigenvalue weighted by molar-refractivity contribution is 7.98. The lowest BCUT2D eigenvalue weighted by Gasteiger charge is -1.99. The summed E-state index contributed by atoms with van der Waals surface area (Å²) >= 11 is 1.69. The number of benzene rings is 2. The minimum atomic E-state index is 0.219. The van der Waals surface area contributed by atoms with Crippen LogP contribution in [0.25, 0.3) is 22.8 Å². The van der Waals surface area contributed by atoms with Crippen LogP contribution in [0.3, 0.4) is 0 Å². The number of nitrogens with zero attached hydrogens (tertiary/aromatic N) is 2. The van der Waals surface area contributed by atoms with E-state index in [0.717, 1.165) is 11.1 Å². The Balaban J connectivity index is 1.93. The molecule has 21 heavy (non-hydrogen) atoms. The number of phenolic OH excluding ortho intramolecular Hbond substituents is 1. The van der Waals surface area contributed by atoms with E-state index in [1.54, 1.807) is 17.8 Å². The van der Waals surface area contributed by atoms with Gasteiger partial charge in [-0.2, -0.15) is 4.98 Å². The molecular formula is C16H14N2O2S. The molecule has 3 aromatic rings. The molecular weight excluding hydrogens is 284 g/mol. The lowest BCUT2D eigenvalue weighted by molar-refractivity contribution is 0.431. The van der Waals surface area contributed by atoms with Gasteiger partial charge in [-0.3, -0.25) is 0 Å². The minimum absolute atomic E-state index is 0.219. The van der Waals surface area contributed by atoms with Crippen LogP contribution in [0.1, 0.15) is 5.56 Å². The van der Waals surface area contributed by atoms with Crippen molar-refractivity contribution < 1.29 is 9.63 Å². The van der Waals surface area contributed by atoms with Crippen molar-refractivity contribution in [2.45, 2.75) is 11.8 Å². The first-order chi connectivity index (χ1) is 10.2. The highest BCUT2D eigenvalue weighted by Gasteiger charge is 2.11. The average molecular weight is 298 g/mol. The normalized spacial score (nSPS) is 10.8. The molecule has 0 atom stereocenters. The van der Waals surface area contributed by atoms with Crippen LogP contribution >= 0.6 is 11.8 Å². The summed E-state index contributed by atoms with van der Waals surface area (Å²) in [5.74, 6) is 1.16. The topological polar surface area (TPSA) is 59.2 Å². The molecule has 0 spiro atoms. The Labute approximate surface area is 126 Å². The third-order valence-corrected chi connectivity index (χ3v) is 3.97. The monoisotopic (exact) mass is 298 g/mol. The summed E-state index contributed by atoms with van der Waals surface area (Å²) in [5, 5.41) is 13.7. The highest BCUT2D eigenvalue weighted by atomic mass is 32.2. The predicted molar refractivity (Wildman–Crippen MR) is 83.4 cm³/mol. The molecule has 106 valence electrons. The molecule has 0 amide bonds. The van der Waals surface area contributed by atoms with Crippen LogP contribution in [-0.2, 0) is 0 Å². The fourth-order valence-electron chi connectivity index (χ4n) is 1.94. The van der Waals surface area contributed by atoms with Gasteiger partial charge in [0.25, 0.3) is 5.89 Å². The zero-order valence-corrected chi connectivity index (χ0v) is 12.5. The Morgan fingerprint density at radius 2 is 1.76 bits per heavy atom. The van der Waals surface area contributed by atoms with Crippen molar-refractivity contribution in [3.05, 3.63) is 48.0 Å². The van der Waals surface area contributed by atoms with Crippen LogP contribution in [0.15, 0.2) is 51.9 Å². The van der Waals surface area contributed by atoms with Gasteiger partial charge < -0.3 is 9.63 Å². The zero-order valence-electron chi connectivity index (χ0n) is 11.7. The van der Waals surface area contributed by atoms with Gasteiger partial charge in [-0.15, -0.1) is 11.8 Å². The van der Waals surface area contributed by atoms with Crippen molar-refractivity contribution >= 4 is 11.8 Å². The first-order valence-electron chi connectivity index (χ1n) is 6.45. The first-order valence-corrected chi connectivity index (χ1v) is 7.68. The van der Waals surface area contributed by atoms with E-state index in [1.807, 2.05) is 49.6 Å². The number of aromatic hydroxyl groups is 1. The molecule has 0 aliphatic heterocycles. The fraction of sp³-hybridized carbons (Fsp3) is 0.125. The largest absolute Gasteiger partial charge is 0.508 e. The van der Waals surface area contributed by atoms with E-state index in [1.165, 1.54) is 4.90 Å². The van der Waals surface area contributed by atoms with Crippen LogP contribution in [-0.4, -0.2) is 21.5 Å². The molecule has 0 saturated carbocycles. The van der Waals surface area contributed by atoms with Crippen molar-refractivity contribution in [2.75, 3.05) is 6.26 Å². The van der Waals surface area contributed by atoms with Crippen LogP contribution in [0, 0.1) is 6.92 Å². The first kappa shape index (κ1) is 13.7. The summed E-state index contributed by atoms with van der Waals surface area (Å²) in [4.78, 5) is 5.57. The van der Waals surface area contributed by atoms with E-state index in [-0.39, 0.29) is 5.75 Å². The Morgan fingerprint density at radius 3 is 2.43 bits per heavy atom. The van der Waals surface area contributed by atoms with Gasteiger partial charge in [0, 0.05) is 16.0 Å². The van der Waals surface area contributed by atoms with Gasteiger partial charge >= 0.3 is 0 Å². The Bertz CT molecular complexity index is 766. The van der Waals surface area contributed by atoms with Crippen molar-refractivity contribution in [2.24, 2.45) is 0 Å². The molecule has 1 aromatic heterocycles. The molecule has 1 N–H and O–H groups in total. The molecule has 0 aliphatic carbocycles.